The van der Waals surface area contributed by atoms with Gasteiger partial charge >= 0.3 is 5.97 Å². The molecule has 5 heteroatoms. The molecule has 0 aliphatic rings. The van der Waals surface area contributed by atoms with Gasteiger partial charge in [0.15, 0.2) is 11.6 Å². The Bertz CT molecular complexity index is 478. The average Bonchev–Trinajstić information content (AvgIpc) is 2.20. The Kier molecular flexibility index (Phi) is 4.50. The molecule has 0 spiro atoms. The lowest BCUT2D eigenvalue weighted by Gasteiger charge is -2.21. The lowest BCUT2D eigenvalue weighted by Crippen LogP contribution is -2.24. The Hall–Kier alpha value is -1.65. The van der Waals surface area contributed by atoms with Crippen LogP contribution in [-0.2, 0) is 9.53 Å². The molecule has 0 amide bonds. The van der Waals surface area contributed by atoms with Gasteiger partial charge in [-0.3, -0.25) is 4.79 Å². The molecule has 3 nitrogen and oxygen atoms in total. The first-order valence-electron chi connectivity index (χ1n) is 6.00. The van der Waals surface area contributed by atoms with Crippen LogP contribution < -0.4 is 0 Å². The Labute approximate surface area is 111 Å². The summed E-state index contributed by atoms with van der Waals surface area (Å²) in [6, 6.07) is 1.62. The first-order chi connectivity index (χ1) is 8.60. The molecule has 1 N–H and O–H groups in total. The Balaban J connectivity index is 2.84. The SMILES string of the molecule is CC(CC(=O)OC(C)(C)C)c1cc(F)cc(F)c1O. The van der Waals surface area contributed by atoms with E-state index in [0.717, 1.165) is 6.07 Å². The summed E-state index contributed by atoms with van der Waals surface area (Å²) in [5.74, 6) is -3.48. The fraction of sp³-hybridized carbons (Fsp3) is 0.500. The molecule has 0 saturated heterocycles. The van der Waals surface area contributed by atoms with E-state index in [1.54, 1.807) is 27.7 Å². The lowest BCUT2D eigenvalue weighted by molar-refractivity contribution is -0.155. The summed E-state index contributed by atoms with van der Waals surface area (Å²) in [5, 5.41) is 9.54. The topological polar surface area (TPSA) is 46.5 Å². The summed E-state index contributed by atoms with van der Waals surface area (Å²) in [6.45, 7) is 6.79. The molecule has 0 aliphatic heterocycles. The minimum Gasteiger partial charge on any atom is -0.505 e. The van der Waals surface area contributed by atoms with E-state index in [9.17, 15) is 18.7 Å². The zero-order valence-electron chi connectivity index (χ0n) is 11.5. The maximum Gasteiger partial charge on any atom is 0.306 e. The fourth-order valence-electron chi connectivity index (χ4n) is 1.70. The maximum absolute atomic E-state index is 13.2. The number of carbonyl (C=O) groups is 1. The van der Waals surface area contributed by atoms with E-state index in [-0.39, 0.29) is 12.0 Å². The molecular formula is C14H18F2O3. The Morgan fingerprint density at radius 3 is 2.47 bits per heavy atom. The van der Waals surface area contributed by atoms with Crippen molar-refractivity contribution in [3.8, 4) is 5.75 Å². The van der Waals surface area contributed by atoms with Crippen molar-refractivity contribution in [2.24, 2.45) is 0 Å². The molecule has 0 saturated carbocycles. The zero-order valence-corrected chi connectivity index (χ0v) is 11.5. The van der Waals surface area contributed by atoms with E-state index in [0.29, 0.717) is 6.07 Å². The summed E-state index contributed by atoms with van der Waals surface area (Å²) in [6.07, 6.45) is -0.0618. The van der Waals surface area contributed by atoms with Gasteiger partial charge in [-0.25, -0.2) is 8.78 Å². The molecule has 1 unspecified atom stereocenters. The summed E-state index contributed by atoms with van der Waals surface area (Å²) in [4.78, 5) is 11.6. The third-order valence-electron chi connectivity index (χ3n) is 2.48. The van der Waals surface area contributed by atoms with E-state index < -0.39 is 34.9 Å². The minimum atomic E-state index is -1.04. The monoisotopic (exact) mass is 272 g/mol. The predicted octanol–water partition coefficient (Wildman–Crippen LogP) is 3.51. The number of halogens is 2. The van der Waals surface area contributed by atoms with Crippen molar-refractivity contribution < 1.29 is 23.4 Å². The van der Waals surface area contributed by atoms with Crippen molar-refractivity contribution in [3.63, 3.8) is 0 Å². The Morgan fingerprint density at radius 1 is 1.37 bits per heavy atom. The number of esters is 1. The largest absolute Gasteiger partial charge is 0.505 e. The van der Waals surface area contributed by atoms with Crippen molar-refractivity contribution >= 4 is 5.97 Å². The number of rotatable bonds is 3. The van der Waals surface area contributed by atoms with Crippen molar-refractivity contribution in [2.45, 2.75) is 45.6 Å². The van der Waals surface area contributed by atoms with Gasteiger partial charge in [-0.2, -0.15) is 0 Å². The van der Waals surface area contributed by atoms with Crippen molar-refractivity contribution in [2.75, 3.05) is 0 Å². The number of hydrogen-bond donors (Lipinski definition) is 1. The van der Waals surface area contributed by atoms with Gasteiger partial charge in [0, 0.05) is 11.6 Å². The molecule has 0 radical (unpaired) electrons. The highest BCUT2D eigenvalue weighted by molar-refractivity contribution is 5.71. The van der Waals surface area contributed by atoms with Crippen LogP contribution in [0.1, 0.15) is 45.6 Å². The van der Waals surface area contributed by atoms with Crippen LogP contribution >= 0.6 is 0 Å². The van der Waals surface area contributed by atoms with E-state index in [2.05, 4.69) is 0 Å². The molecule has 1 aromatic carbocycles. The van der Waals surface area contributed by atoms with Crippen LogP contribution in [0.4, 0.5) is 8.78 Å². The molecule has 1 rings (SSSR count). The first kappa shape index (κ1) is 15.4. The number of phenols is 1. The van der Waals surface area contributed by atoms with Crippen LogP contribution in [0, 0.1) is 11.6 Å². The van der Waals surface area contributed by atoms with Gasteiger partial charge in [-0.15, -0.1) is 0 Å². The van der Waals surface area contributed by atoms with Crippen LogP contribution in [0.3, 0.4) is 0 Å². The average molecular weight is 272 g/mol. The predicted molar refractivity (Wildman–Crippen MR) is 66.9 cm³/mol. The molecule has 0 heterocycles. The summed E-state index contributed by atoms with van der Waals surface area (Å²) >= 11 is 0. The molecule has 1 aromatic rings. The van der Waals surface area contributed by atoms with Crippen molar-refractivity contribution in [1.82, 2.24) is 0 Å². The third kappa shape index (κ3) is 4.50. The van der Waals surface area contributed by atoms with Gasteiger partial charge in [-0.1, -0.05) is 6.92 Å². The van der Waals surface area contributed by atoms with Gasteiger partial charge < -0.3 is 9.84 Å². The van der Waals surface area contributed by atoms with Gasteiger partial charge in [0.05, 0.1) is 6.42 Å². The standard InChI is InChI=1S/C14H18F2O3/c1-8(5-12(17)19-14(2,3)4)10-6-9(15)7-11(16)13(10)18/h6-8,18H,5H2,1-4H3. The summed E-state index contributed by atoms with van der Waals surface area (Å²) in [7, 11) is 0. The van der Waals surface area contributed by atoms with Crippen LogP contribution in [0.15, 0.2) is 12.1 Å². The summed E-state index contributed by atoms with van der Waals surface area (Å²) in [5.41, 5.74) is -0.560. The Morgan fingerprint density at radius 2 is 1.95 bits per heavy atom. The molecule has 0 aromatic heterocycles. The molecular weight excluding hydrogens is 254 g/mol. The normalized spacial score (nSPS) is 13.2. The second kappa shape index (κ2) is 5.55. The molecule has 0 aliphatic carbocycles. The molecule has 19 heavy (non-hydrogen) atoms. The number of ether oxygens (including phenoxy) is 1. The smallest absolute Gasteiger partial charge is 0.306 e. The zero-order chi connectivity index (χ0) is 14.8. The number of carbonyl (C=O) groups excluding carboxylic acids is 1. The maximum atomic E-state index is 13.2. The van der Waals surface area contributed by atoms with E-state index in [4.69, 9.17) is 4.74 Å². The third-order valence-corrected chi connectivity index (χ3v) is 2.48. The van der Waals surface area contributed by atoms with Crippen LogP contribution in [0.5, 0.6) is 5.75 Å². The van der Waals surface area contributed by atoms with Crippen LogP contribution in [0.25, 0.3) is 0 Å². The van der Waals surface area contributed by atoms with Crippen molar-refractivity contribution in [1.29, 1.82) is 0 Å². The second-order valence-corrected chi connectivity index (χ2v) is 5.52. The van der Waals surface area contributed by atoms with Gasteiger partial charge in [0.1, 0.15) is 11.4 Å². The highest BCUT2D eigenvalue weighted by atomic mass is 19.1. The van der Waals surface area contributed by atoms with Crippen LogP contribution in [0.2, 0.25) is 0 Å². The number of phenolic OH excluding ortho intramolecular Hbond substituents is 1. The number of hydrogen-bond acceptors (Lipinski definition) is 3. The van der Waals surface area contributed by atoms with Crippen molar-refractivity contribution in [3.05, 3.63) is 29.3 Å². The highest BCUT2D eigenvalue weighted by Gasteiger charge is 2.22. The molecule has 0 fully saturated rings. The quantitative estimate of drug-likeness (QED) is 0.856. The van der Waals surface area contributed by atoms with E-state index in [1.165, 1.54) is 0 Å². The minimum absolute atomic E-state index is 0.0587. The number of benzene rings is 1. The molecule has 0 bridgehead atoms. The van der Waals surface area contributed by atoms with E-state index in [1.807, 2.05) is 0 Å². The van der Waals surface area contributed by atoms with Gasteiger partial charge in [-0.05, 0) is 32.8 Å². The highest BCUT2D eigenvalue weighted by Crippen LogP contribution is 2.31. The fourth-order valence-corrected chi connectivity index (χ4v) is 1.70. The number of aromatic hydroxyl groups is 1. The van der Waals surface area contributed by atoms with Gasteiger partial charge in [0.25, 0.3) is 0 Å². The first-order valence-corrected chi connectivity index (χ1v) is 6.00. The summed E-state index contributed by atoms with van der Waals surface area (Å²) < 4.78 is 31.4. The van der Waals surface area contributed by atoms with Crippen LogP contribution in [-0.4, -0.2) is 16.7 Å². The van der Waals surface area contributed by atoms with E-state index >= 15 is 0 Å². The molecule has 1 atom stereocenters. The molecule has 106 valence electrons. The second-order valence-electron chi connectivity index (χ2n) is 5.52. The lowest BCUT2D eigenvalue weighted by atomic mass is 9.96. The van der Waals surface area contributed by atoms with Gasteiger partial charge in [0.2, 0.25) is 0 Å².